The fourth-order valence-electron chi connectivity index (χ4n) is 5.47. The average molecular weight is 571 g/mol. The van der Waals surface area contributed by atoms with E-state index in [0.717, 1.165) is 64.9 Å². The molecule has 4 rings (SSSR count). The molecule has 2 N–H and O–H groups in total. The molecule has 2 amide bonds. The Morgan fingerprint density at radius 3 is 2.38 bits per heavy atom. The summed E-state index contributed by atoms with van der Waals surface area (Å²) in [5.41, 5.74) is 5.49. The van der Waals surface area contributed by atoms with Crippen LogP contribution in [0.4, 0.5) is 10.5 Å². The van der Waals surface area contributed by atoms with Crippen LogP contribution in [0.5, 0.6) is 5.75 Å². The lowest BCUT2D eigenvalue weighted by Gasteiger charge is -2.25. The third-order valence-electron chi connectivity index (χ3n) is 7.80. The summed E-state index contributed by atoms with van der Waals surface area (Å²) in [6, 6.07) is 13.2. The summed E-state index contributed by atoms with van der Waals surface area (Å²) in [5.74, 6) is -0.325. The molecule has 1 aliphatic rings. The number of carboxylic acid groups (broad SMARTS) is 1. The molecular weight excluding hydrogens is 536 g/mol. The van der Waals surface area contributed by atoms with Crippen LogP contribution in [0, 0.1) is 25.2 Å². The fourth-order valence-corrected chi connectivity index (χ4v) is 5.47. The summed E-state index contributed by atoms with van der Waals surface area (Å²) < 4.78 is 6.83. The minimum absolute atomic E-state index is 0.0675. The first-order valence-electron chi connectivity index (χ1n) is 13.7. The molecule has 3 aromatic rings. The molecule has 1 fully saturated rings. The van der Waals surface area contributed by atoms with E-state index in [2.05, 4.69) is 17.2 Å². The summed E-state index contributed by atoms with van der Waals surface area (Å²) in [6.07, 6.45) is 3.01. The number of aryl methyl sites for hydroxylation is 2. The van der Waals surface area contributed by atoms with Gasteiger partial charge in [0.1, 0.15) is 11.8 Å². The maximum atomic E-state index is 13.7. The summed E-state index contributed by atoms with van der Waals surface area (Å²) in [5, 5.41) is 32.0. The van der Waals surface area contributed by atoms with Crippen LogP contribution in [0.15, 0.2) is 57.5 Å². The normalized spacial score (nSPS) is 14.8. The zero-order chi connectivity index (χ0) is 30.4. The summed E-state index contributed by atoms with van der Waals surface area (Å²) in [6.45, 7) is 6.35. The van der Waals surface area contributed by atoms with Crippen LogP contribution in [0.25, 0.3) is 0 Å². The van der Waals surface area contributed by atoms with Gasteiger partial charge in [0.15, 0.2) is 0 Å². The van der Waals surface area contributed by atoms with E-state index in [-0.39, 0.29) is 11.0 Å². The van der Waals surface area contributed by atoms with Crippen LogP contribution in [0.2, 0.25) is 0 Å². The molecule has 1 unspecified atom stereocenters. The SMILES string of the molecule is COc1ccc(Cn2nc(Cc3c(C)cc(N=NC(C#N)C(=O)NC(=O)O)cc3C)cc(C3(C)CCCC3)c2=O)cc1. The smallest absolute Gasteiger partial charge is 0.411 e. The number of aromatic nitrogens is 2. The zero-order valence-corrected chi connectivity index (χ0v) is 24.2. The lowest BCUT2D eigenvalue weighted by molar-refractivity contribution is -0.120. The van der Waals surface area contributed by atoms with E-state index in [4.69, 9.17) is 14.9 Å². The molecule has 1 aliphatic carbocycles. The Bertz CT molecular complexity index is 1590. The molecule has 1 saturated carbocycles. The summed E-state index contributed by atoms with van der Waals surface area (Å²) in [4.78, 5) is 36.2. The lowest BCUT2D eigenvalue weighted by Crippen LogP contribution is -2.36. The van der Waals surface area contributed by atoms with Crippen molar-refractivity contribution in [2.24, 2.45) is 10.2 Å². The van der Waals surface area contributed by atoms with Crippen molar-refractivity contribution in [3.05, 3.63) is 86.3 Å². The van der Waals surface area contributed by atoms with Gasteiger partial charge < -0.3 is 9.84 Å². The highest BCUT2D eigenvalue weighted by atomic mass is 16.5. The molecule has 1 atom stereocenters. The van der Waals surface area contributed by atoms with E-state index in [1.807, 2.05) is 44.2 Å². The molecule has 0 radical (unpaired) electrons. The number of nitrogens with zero attached hydrogens (tertiary/aromatic N) is 5. The van der Waals surface area contributed by atoms with Crippen molar-refractivity contribution < 1.29 is 19.4 Å². The molecule has 42 heavy (non-hydrogen) atoms. The van der Waals surface area contributed by atoms with Crippen molar-refractivity contribution >= 4 is 17.7 Å². The van der Waals surface area contributed by atoms with Crippen molar-refractivity contribution in [1.82, 2.24) is 15.1 Å². The van der Waals surface area contributed by atoms with Gasteiger partial charge in [0, 0.05) is 12.0 Å². The Hall–Kier alpha value is -4.85. The van der Waals surface area contributed by atoms with Gasteiger partial charge in [0.05, 0.1) is 25.0 Å². The summed E-state index contributed by atoms with van der Waals surface area (Å²) in [7, 11) is 1.61. The molecule has 11 nitrogen and oxygen atoms in total. The maximum Gasteiger partial charge on any atom is 0.411 e. The number of nitrogens with one attached hydrogen (secondary N) is 1. The lowest BCUT2D eigenvalue weighted by atomic mass is 9.81. The van der Waals surface area contributed by atoms with Gasteiger partial charge in [-0.1, -0.05) is 31.9 Å². The molecular formula is C31H34N6O5. The Kier molecular flexibility index (Phi) is 9.15. The third-order valence-corrected chi connectivity index (χ3v) is 7.80. The molecule has 2 aromatic carbocycles. The number of imide groups is 1. The number of hydrogen-bond donors (Lipinski definition) is 2. The Labute approximate surface area is 243 Å². The van der Waals surface area contributed by atoms with Crippen LogP contribution in [-0.2, 0) is 23.2 Å². The predicted octanol–water partition coefficient (Wildman–Crippen LogP) is 5.11. The van der Waals surface area contributed by atoms with Crippen LogP contribution in [0.1, 0.15) is 66.1 Å². The van der Waals surface area contributed by atoms with Crippen LogP contribution < -0.4 is 15.6 Å². The quantitative estimate of drug-likeness (QED) is 0.338. The first-order valence-corrected chi connectivity index (χ1v) is 13.7. The van der Waals surface area contributed by atoms with E-state index in [0.29, 0.717) is 18.7 Å². The van der Waals surface area contributed by atoms with Crippen molar-refractivity contribution in [3.8, 4) is 11.8 Å². The molecule has 218 valence electrons. The van der Waals surface area contributed by atoms with Gasteiger partial charge in [-0.2, -0.15) is 20.6 Å². The highest BCUT2D eigenvalue weighted by Crippen LogP contribution is 2.39. The molecule has 1 heterocycles. The largest absolute Gasteiger partial charge is 0.497 e. The summed E-state index contributed by atoms with van der Waals surface area (Å²) >= 11 is 0. The number of rotatable bonds is 9. The number of ether oxygens (including phenoxy) is 1. The molecule has 0 spiro atoms. The molecule has 1 aromatic heterocycles. The van der Waals surface area contributed by atoms with Crippen molar-refractivity contribution in [2.75, 3.05) is 7.11 Å². The molecule has 0 aliphatic heterocycles. The van der Waals surface area contributed by atoms with Crippen LogP contribution in [-0.4, -0.2) is 40.0 Å². The number of amides is 2. The van der Waals surface area contributed by atoms with Crippen molar-refractivity contribution in [1.29, 1.82) is 5.26 Å². The van der Waals surface area contributed by atoms with E-state index < -0.39 is 18.0 Å². The number of methoxy groups -OCH3 is 1. The van der Waals surface area contributed by atoms with Gasteiger partial charge in [0.2, 0.25) is 6.04 Å². The number of carbonyl (C=O) groups is 2. The molecule has 0 bridgehead atoms. The average Bonchev–Trinajstić information content (AvgIpc) is 3.40. The predicted molar refractivity (Wildman–Crippen MR) is 155 cm³/mol. The van der Waals surface area contributed by atoms with Gasteiger partial charge in [-0.25, -0.2) is 9.48 Å². The monoisotopic (exact) mass is 570 g/mol. The molecule has 0 saturated heterocycles. The minimum atomic E-state index is -1.59. The van der Waals surface area contributed by atoms with Gasteiger partial charge in [-0.3, -0.25) is 14.9 Å². The molecule has 11 heteroatoms. The number of hydrogen-bond acceptors (Lipinski definition) is 8. The van der Waals surface area contributed by atoms with E-state index >= 15 is 0 Å². The second-order valence-corrected chi connectivity index (χ2v) is 10.9. The van der Waals surface area contributed by atoms with Crippen molar-refractivity contribution in [2.45, 2.75) is 70.9 Å². The Balaban J connectivity index is 1.66. The van der Waals surface area contributed by atoms with Gasteiger partial charge in [-0.15, -0.1) is 0 Å². The van der Waals surface area contributed by atoms with Crippen LogP contribution >= 0.6 is 0 Å². The van der Waals surface area contributed by atoms with Crippen molar-refractivity contribution in [3.63, 3.8) is 0 Å². The Morgan fingerprint density at radius 2 is 1.81 bits per heavy atom. The maximum absolute atomic E-state index is 13.7. The standard InChI is InChI=1S/C31H34N6O5/c1-19-13-22(34-35-27(17-32)28(38)33-30(40)41)14-20(2)25(19)15-23-16-26(31(3)11-5-6-12-31)29(39)37(36-23)18-21-7-9-24(42-4)10-8-21/h7-10,13-14,16,27H,5-6,11-12,15,18H2,1-4H3,(H,33,38)(H,40,41). The number of azo groups is 1. The van der Waals surface area contributed by atoms with Gasteiger partial charge >= 0.3 is 6.09 Å². The zero-order valence-electron chi connectivity index (χ0n) is 24.2. The highest BCUT2D eigenvalue weighted by molar-refractivity contribution is 5.95. The van der Waals surface area contributed by atoms with Crippen LogP contribution in [0.3, 0.4) is 0 Å². The Morgan fingerprint density at radius 1 is 1.17 bits per heavy atom. The van der Waals surface area contributed by atoms with E-state index in [1.165, 1.54) is 0 Å². The van der Waals surface area contributed by atoms with Gasteiger partial charge in [0.25, 0.3) is 11.5 Å². The fraction of sp³-hybridized carbons (Fsp3) is 0.387. The third kappa shape index (κ3) is 6.89. The topological polar surface area (TPSA) is 159 Å². The number of benzene rings is 2. The van der Waals surface area contributed by atoms with E-state index in [9.17, 15) is 19.6 Å². The highest BCUT2D eigenvalue weighted by Gasteiger charge is 2.34. The van der Waals surface area contributed by atoms with Gasteiger partial charge in [-0.05, 0) is 84.7 Å². The minimum Gasteiger partial charge on any atom is -0.497 e. The number of carbonyl (C=O) groups excluding carboxylic acids is 1. The first kappa shape index (κ1) is 30.1. The number of nitriles is 1. The first-order chi connectivity index (χ1) is 20.0. The second kappa shape index (κ2) is 12.8. The second-order valence-electron chi connectivity index (χ2n) is 10.9. The van der Waals surface area contributed by atoms with E-state index in [1.54, 1.807) is 35.3 Å².